The predicted molar refractivity (Wildman–Crippen MR) is 214 cm³/mol. The summed E-state index contributed by atoms with van der Waals surface area (Å²) in [5.74, 6) is 1.28. The first kappa shape index (κ1) is 40.0. The number of azo groups is 2. The highest BCUT2D eigenvalue weighted by molar-refractivity contribution is 5.73. The van der Waals surface area contributed by atoms with Gasteiger partial charge in [-0.25, -0.2) is 0 Å². The van der Waals surface area contributed by atoms with Crippen molar-refractivity contribution in [3.8, 4) is 0 Å². The van der Waals surface area contributed by atoms with Crippen LogP contribution in [0.4, 0.5) is 0 Å². The maximum absolute atomic E-state index is 13.6. The molecule has 300 valence electrons. The maximum atomic E-state index is 13.6. The fourth-order valence-electron chi connectivity index (χ4n) is 13.3. The van der Waals surface area contributed by atoms with Gasteiger partial charge in [0.15, 0.2) is 6.04 Å². The summed E-state index contributed by atoms with van der Waals surface area (Å²) < 4.78 is 16.3. The van der Waals surface area contributed by atoms with E-state index >= 15 is 0 Å². The fraction of sp³-hybridized carbons (Fsp3) is 0.822. The summed E-state index contributed by atoms with van der Waals surface area (Å²) in [7, 11) is 2.15. The second-order valence-corrected chi connectivity index (χ2v) is 21.7. The SMILES string of the molecule is CC(C)[C@@H](C)[C@@]1(C)CC[C@]2(C)[C@H]3CC[C@@H]4[C@@]5(COC[C@@]4(C)[C@@H](OC[C@](C)(N)C(C)(C)C)[C@H]([N+]4=NC=NC4=C4C=CCN(C)C4)C5)C3=CC[C@@]2(C)[C@@H]1C(=O)O. The second kappa shape index (κ2) is 13.2. The molecule has 0 spiro atoms. The highest BCUT2D eigenvalue weighted by Crippen LogP contribution is 2.75. The second-order valence-electron chi connectivity index (χ2n) is 21.7. The Hall–Kier alpha value is -2.20. The molecule has 0 aromatic heterocycles. The van der Waals surface area contributed by atoms with Crippen LogP contribution >= 0.6 is 0 Å². The molecule has 54 heavy (non-hydrogen) atoms. The molecule has 4 aliphatic carbocycles. The van der Waals surface area contributed by atoms with E-state index in [1.807, 2.05) is 0 Å². The molecule has 7 aliphatic rings. The van der Waals surface area contributed by atoms with Crippen LogP contribution in [0.5, 0.6) is 0 Å². The number of ether oxygens (including phenoxy) is 2. The number of nitrogens with zero attached hydrogens (tertiary/aromatic N) is 4. The van der Waals surface area contributed by atoms with E-state index in [1.165, 1.54) is 11.1 Å². The van der Waals surface area contributed by atoms with E-state index in [-0.39, 0.29) is 44.6 Å². The lowest BCUT2D eigenvalue weighted by Gasteiger charge is -2.71. The molecular weight excluding hydrogens is 675 g/mol. The first-order valence-electron chi connectivity index (χ1n) is 21.1. The van der Waals surface area contributed by atoms with Gasteiger partial charge in [-0.1, -0.05) is 93.0 Å². The largest absolute Gasteiger partial charge is 0.481 e. The number of hydrogen-bond donors (Lipinski definition) is 2. The lowest BCUT2D eigenvalue weighted by Crippen LogP contribution is -2.71. The third kappa shape index (κ3) is 5.66. The Balaban J connectivity index is 1.34. The molecule has 3 N–H and O–H groups in total. The monoisotopic (exact) mass is 747 g/mol. The molecule has 4 fully saturated rings. The summed E-state index contributed by atoms with van der Waals surface area (Å²) >= 11 is 0. The molecule has 7 rings (SSSR count). The summed E-state index contributed by atoms with van der Waals surface area (Å²) in [6.45, 7) is 28.5. The first-order chi connectivity index (χ1) is 25.1. The van der Waals surface area contributed by atoms with Gasteiger partial charge in [0.1, 0.15) is 6.10 Å². The number of aliphatic carboxylic acids is 1. The van der Waals surface area contributed by atoms with E-state index in [1.54, 1.807) is 6.34 Å². The Bertz CT molecular complexity index is 1690. The molecule has 3 aliphatic heterocycles. The number of carboxylic acid groups (broad SMARTS) is 1. The number of rotatable bonds is 7. The van der Waals surface area contributed by atoms with Crippen molar-refractivity contribution in [1.82, 2.24) is 4.90 Å². The topological polar surface area (TPSA) is 113 Å². The van der Waals surface area contributed by atoms with Gasteiger partial charge in [0, 0.05) is 35.9 Å². The van der Waals surface area contributed by atoms with Gasteiger partial charge in [0.25, 0.3) is 6.34 Å². The van der Waals surface area contributed by atoms with Crippen LogP contribution in [0.15, 0.2) is 45.3 Å². The minimum Gasteiger partial charge on any atom is -0.481 e. The Morgan fingerprint density at radius 3 is 2.48 bits per heavy atom. The normalized spacial score (nSPS) is 45.2. The van der Waals surface area contributed by atoms with E-state index in [2.05, 4.69) is 111 Å². The number of allylic oxidation sites excluding steroid dienone is 1. The summed E-state index contributed by atoms with van der Waals surface area (Å²) in [6, 6.07) is -0.0781. The highest BCUT2D eigenvalue weighted by Gasteiger charge is 2.73. The Kier molecular flexibility index (Phi) is 9.76. The van der Waals surface area contributed by atoms with Crippen LogP contribution in [-0.2, 0) is 14.3 Å². The zero-order valence-corrected chi connectivity index (χ0v) is 35.7. The van der Waals surface area contributed by atoms with Crippen molar-refractivity contribution in [3.63, 3.8) is 0 Å². The number of fused-ring (bicyclic) bond motifs is 3. The first-order valence-corrected chi connectivity index (χ1v) is 21.1. The molecule has 12 atom stereocenters. The van der Waals surface area contributed by atoms with Crippen LogP contribution in [0.1, 0.15) is 115 Å². The molecule has 0 aromatic rings. The lowest BCUT2D eigenvalue weighted by atomic mass is 9.34. The molecule has 3 heterocycles. The quantitative estimate of drug-likeness (QED) is 0.200. The van der Waals surface area contributed by atoms with Crippen LogP contribution < -0.4 is 5.73 Å². The Labute approximate surface area is 326 Å². The van der Waals surface area contributed by atoms with Gasteiger partial charge in [0.05, 0.1) is 31.3 Å². The molecular formula is C45H72N5O4+. The summed E-state index contributed by atoms with van der Waals surface area (Å²) in [4.78, 5) is 20.8. The number of nitrogens with two attached hydrogens (primary N) is 1. The minimum atomic E-state index is -0.616. The molecule has 3 saturated carbocycles. The number of carboxylic acids is 1. The van der Waals surface area contributed by atoms with Gasteiger partial charge in [-0.05, 0) is 102 Å². The molecule has 0 amide bonds. The van der Waals surface area contributed by atoms with Gasteiger partial charge in [-0.2, -0.15) is 0 Å². The van der Waals surface area contributed by atoms with E-state index in [4.69, 9.17) is 25.3 Å². The number of hydrogen-bond acceptors (Lipinski definition) is 7. The van der Waals surface area contributed by atoms with E-state index in [0.717, 1.165) is 57.4 Å². The minimum absolute atomic E-state index is 0.0781. The van der Waals surface area contributed by atoms with Crippen molar-refractivity contribution >= 4 is 12.3 Å². The van der Waals surface area contributed by atoms with Gasteiger partial charge in [-0.3, -0.25) is 9.69 Å². The third-order valence-corrected chi connectivity index (χ3v) is 17.7. The average Bonchev–Trinajstić information content (AvgIpc) is 3.57. The van der Waals surface area contributed by atoms with Crippen molar-refractivity contribution in [1.29, 1.82) is 0 Å². The third-order valence-electron chi connectivity index (χ3n) is 17.7. The molecule has 0 unspecified atom stereocenters. The van der Waals surface area contributed by atoms with Gasteiger partial charge in [-0.15, -0.1) is 4.70 Å². The fourth-order valence-corrected chi connectivity index (χ4v) is 13.3. The van der Waals surface area contributed by atoms with Gasteiger partial charge in [0.2, 0.25) is 0 Å². The van der Waals surface area contributed by atoms with Gasteiger partial charge >= 0.3 is 11.8 Å². The number of carbonyl (C=O) groups is 1. The predicted octanol–water partition coefficient (Wildman–Crippen LogP) is 8.31. The zero-order valence-electron chi connectivity index (χ0n) is 35.7. The average molecular weight is 747 g/mol. The Morgan fingerprint density at radius 2 is 1.83 bits per heavy atom. The molecule has 0 aromatic carbocycles. The molecule has 2 bridgehead atoms. The number of likely N-dealkylation sites (N-methyl/N-ethyl adjacent to an activating group) is 1. The zero-order chi connectivity index (χ0) is 39.4. The maximum Gasteiger partial charge on any atom is 0.350 e. The van der Waals surface area contributed by atoms with Crippen LogP contribution in [-0.4, -0.2) is 84.7 Å². The molecule has 9 heteroatoms. The van der Waals surface area contributed by atoms with Crippen LogP contribution in [0, 0.1) is 62.1 Å². The smallest absolute Gasteiger partial charge is 0.350 e. The molecule has 9 nitrogen and oxygen atoms in total. The molecule has 1 saturated heterocycles. The van der Waals surface area contributed by atoms with Crippen molar-refractivity contribution in [2.45, 2.75) is 132 Å². The number of aliphatic imine (C=N–C) groups is 1. The van der Waals surface area contributed by atoms with Crippen molar-refractivity contribution in [2.24, 2.45) is 77.9 Å². The van der Waals surface area contributed by atoms with Crippen LogP contribution in [0.3, 0.4) is 0 Å². The summed E-state index contributed by atoms with van der Waals surface area (Å²) in [5, 5.41) is 16.2. The van der Waals surface area contributed by atoms with Crippen LogP contribution in [0.2, 0.25) is 0 Å². The van der Waals surface area contributed by atoms with E-state index in [0.29, 0.717) is 43.5 Å². The summed E-state index contributed by atoms with van der Waals surface area (Å²) in [5.41, 5.74) is 7.77. The van der Waals surface area contributed by atoms with Crippen LogP contribution in [0.25, 0.3) is 0 Å². The van der Waals surface area contributed by atoms with Crippen molar-refractivity contribution < 1.29 is 24.1 Å². The van der Waals surface area contributed by atoms with Crippen molar-refractivity contribution in [2.75, 3.05) is 40.0 Å². The lowest BCUT2D eigenvalue weighted by molar-refractivity contribution is -0.600. The highest BCUT2D eigenvalue weighted by atomic mass is 16.5. The summed E-state index contributed by atoms with van der Waals surface area (Å²) in [6.07, 6.45) is 14.3. The van der Waals surface area contributed by atoms with Crippen molar-refractivity contribution in [3.05, 3.63) is 35.2 Å². The van der Waals surface area contributed by atoms with E-state index < -0.39 is 17.4 Å². The van der Waals surface area contributed by atoms with Gasteiger partial charge < -0.3 is 20.3 Å². The Morgan fingerprint density at radius 1 is 1.11 bits per heavy atom. The molecule has 0 radical (unpaired) electrons. The standard InChI is InChI=1S/C45H71N5O4/c1-28(2)29(3)40(7)19-20-42(9)31-15-16-34-41(8)24-53-26-45(34,32(31)17-18-43(42,10)35(40)38(51)52)22-33(36(41)54-25-44(11,46)39(4,5)6)50-37(47-27-48-50)30-14-13-21-49(12)23-30/h13-14,17,27-29,31,33-36H,15-16,18-26,46H2,1-12H3/p+1/t29-,31+,33-,34+,35-,36+,40-,41-,42-,43+,44+,45+/m1/s1. The van der Waals surface area contributed by atoms with E-state index in [9.17, 15) is 9.90 Å².